The van der Waals surface area contributed by atoms with Gasteiger partial charge < -0.3 is 15.5 Å². The number of hydrogen-bond acceptors (Lipinski definition) is 2. The monoisotopic (exact) mass is 313 g/mol. The van der Waals surface area contributed by atoms with Crippen LogP contribution in [-0.4, -0.2) is 18.5 Å². The number of nitrogens with one attached hydrogen (secondary N) is 2. The predicted octanol–water partition coefficient (Wildman–Crippen LogP) is 3.60. The van der Waals surface area contributed by atoms with Crippen LogP contribution in [0.2, 0.25) is 0 Å². The van der Waals surface area contributed by atoms with Crippen molar-refractivity contribution in [2.24, 2.45) is 0 Å². The van der Waals surface area contributed by atoms with Crippen molar-refractivity contribution in [1.29, 1.82) is 0 Å². The van der Waals surface area contributed by atoms with Crippen LogP contribution in [0.3, 0.4) is 0 Å². The molecule has 5 nitrogen and oxygen atoms in total. The van der Waals surface area contributed by atoms with E-state index in [2.05, 4.69) is 10.6 Å². The number of benzene rings is 2. The van der Waals surface area contributed by atoms with E-state index in [4.69, 9.17) is 0 Å². The minimum Gasteiger partial charge on any atom is -0.312 e. The summed E-state index contributed by atoms with van der Waals surface area (Å²) in [6.45, 7) is 0.722. The molecule has 0 spiro atoms. The molecule has 6 heteroatoms. The summed E-state index contributed by atoms with van der Waals surface area (Å²) in [4.78, 5) is 25.3. The smallest absolute Gasteiger partial charge is 0.312 e. The molecule has 0 atom stereocenters. The summed E-state index contributed by atoms with van der Waals surface area (Å²) < 4.78 is 13.5. The molecule has 23 heavy (non-hydrogen) atoms. The van der Waals surface area contributed by atoms with Crippen LogP contribution < -0.4 is 15.5 Å². The Labute approximate surface area is 133 Å². The second kappa shape index (κ2) is 6.48. The molecule has 1 fully saturated rings. The number of para-hydroxylation sites is 1. The predicted molar refractivity (Wildman–Crippen MR) is 87.1 cm³/mol. The quantitative estimate of drug-likeness (QED) is 0.909. The van der Waals surface area contributed by atoms with E-state index in [-0.39, 0.29) is 11.6 Å². The second-order valence-electron chi connectivity index (χ2n) is 5.25. The fourth-order valence-corrected chi connectivity index (χ4v) is 2.49. The zero-order chi connectivity index (χ0) is 16.2. The lowest BCUT2D eigenvalue weighted by atomic mass is 10.2. The molecule has 0 bridgehead atoms. The lowest BCUT2D eigenvalue weighted by Crippen LogP contribution is -2.23. The first kappa shape index (κ1) is 15.0. The van der Waals surface area contributed by atoms with Gasteiger partial charge in [-0.25, -0.2) is 9.18 Å². The highest BCUT2D eigenvalue weighted by molar-refractivity contribution is 6.00. The van der Waals surface area contributed by atoms with E-state index < -0.39 is 11.8 Å². The highest BCUT2D eigenvalue weighted by Gasteiger charge is 2.21. The number of halogens is 1. The van der Waals surface area contributed by atoms with E-state index in [1.165, 1.54) is 12.1 Å². The molecule has 0 saturated carbocycles. The van der Waals surface area contributed by atoms with E-state index in [0.29, 0.717) is 12.1 Å². The van der Waals surface area contributed by atoms with Crippen LogP contribution in [0.1, 0.15) is 12.8 Å². The largest absolute Gasteiger partial charge is 0.323 e. The summed E-state index contributed by atoms with van der Waals surface area (Å²) in [5, 5.41) is 5.07. The average Bonchev–Trinajstić information content (AvgIpc) is 2.96. The van der Waals surface area contributed by atoms with Gasteiger partial charge in [0.05, 0.1) is 5.69 Å². The number of carbonyl (C=O) groups excluding carboxylic acids is 2. The van der Waals surface area contributed by atoms with Crippen LogP contribution in [0, 0.1) is 5.82 Å². The van der Waals surface area contributed by atoms with Gasteiger partial charge in [0.25, 0.3) is 0 Å². The summed E-state index contributed by atoms with van der Waals surface area (Å²) in [6.07, 6.45) is 1.44. The van der Waals surface area contributed by atoms with Crippen LogP contribution in [0.15, 0.2) is 48.5 Å². The Bertz CT molecular complexity index is 731. The lowest BCUT2D eigenvalue weighted by Gasteiger charge is -2.16. The third-order valence-corrected chi connectivity index (χ3v) is 3.63. The van der Waals surface area contributed by atoms with Gasteiger partial charge in [0, 0.05) is 24.3 Å². The Morgan fingerprint density at radius 3 is 2.43 bits per heavy atom. The summed E-state index contributed by atoms with van der Waals surface area (Å²) in [5.41, 5.74) is 1.49. The zero-order valence-corrected chi connectivity index (χ0v) is 12.4. The highest BCUT2D eigenvalue weighted by atomic mass is 19.1. The zero-order valence-electron chi connectivity index (χ0n) is 12.4. The van der Waals surface area contributed by atoms with Gasteiger partial charge in [-0.05, 0) is 42.8 Å². The van der Waals surface area contributed by atoms with Crippen molar-refractivity contribution in [2.45, 2.75) is 12.8 Å². The molecule has 0 unspecified atom stereocenters. The summed E-state index contributed by atoms with van der Waals surface area (Å²) in [7, 11) is 0. The molecule has 1 aliphatic rings. The summed E-state index contributed by atoms with van der Waals surface area (Å²) >= 11 is 0. The van der Waals surface area contributed by atoms with Crippen molar-refractivity contribution in [1.82, 2.24) is 0 Å². The van der Waals surface area contributed by atoms with E-state index in [9.17, 15) is 14.0 Å². The van der Waals surface area contributed by atoms with Crippen molar-refractivity contribution in [2.75, 3.05) is 22.1 Å². The maximum Gasteiger partial charge on any atom is 0.323 e. The number of anilines is 3. The molecular formula is C17H16FN3O2. The maximum absolute atomic E-state index is 13.5. The maximum atomic E-state index is 13.5. The Kier molecular flexibility index (Phi) is 4.23. The second-order valence-corrected chi connectivity index (χ2v) is 5.25. The van der Waals surface area contributed by atoms with Crippen molar-refractivity contribution < 1.29 is 14.0 Å². The molecule has 2 N–H and O–H groups in total. The SMILES string of the molecule is O=C(Nc1ccc(N2CCCC2=O)cc1)Nc1ccccc1F. The Hall–Kier alpha value is -2.89. The molecule has 1 saturated heterocycles. The van der Waals surface area contributed by atoms with Gasteiger partial charge in [-0.15, -0.1) is 0 Å². The van der Waals surface area contributed by atoms with Crippen molar-refractivity contribution in [3.05, 3.63) is 54.3 Å². The van der Waals surface area contributed by atoms with Crippen LogP contribution in [0.5, 0.6) is 0 Å². The first-order valence-corrected chi connectivity index (χ1v) is 7.36. The lowest BCUT2D eigenvalue weighted by molar-refractivity contribution is -0.117. The summed E-state index contributed by atoms with van der Waals surface area (Å²) in [6, 6.07) is 12.4. The Balaban J connectivity index is 1.63. The minimum atomic E-state index is -0.528. The molecule has 1 heterocycles. The minimum absolute atomic E-state index is 0.114. The fourth-order valence-electron chi connectivity index (χ4n) is 2.49. The van der Waals surface area contributed by atoms with Crippen LogP contribution in [0.25, 0.3) is 0 Å². The van der Waals surface area contributed by atoms with Crippen LogP contribution in [-0.2, 0) is 4.79 Å². The molecule has 0 radical (unpaired) electrons. The third kappa shape index (κ3) is 3.48. The topological polar surface area (TPSA) is 61.4 Å². The Morgan fingerprint density at radius 2 is 1.78 bits per heavy atom. The normalized spacial score (nSPS) is 14.0. The van der Waals surface area contributed by atoms with Gasteiger partial charge in [-0.2, -0.15) is 0 Å². The molecular weight excluding hydrogens is 297 g/mol. The van der Waals surface area contributed by atoms with Gasteiger partial charge >= 0.3 is 6.03 Å². The standard InChI is InChI=1S/C17H16FN3O2/c18-14-4-1-2-5-15(14)20-17(23)19-12-7-9-13(10-8-12)21-11-3-6-16(21)22/h1-2,4-5,7-10H,3,6,11H2,(H2,19,20,23). The van der Waals surface area contributed by atoms with Crippen molar-refractivity contribution in [3.8, 4) is 0 Å². The number of amides is 3. The number of rotatable bonds is 3. The van der Waals surface area contributed by atoms with Gasteiger partial charge in [-0.3, -0.25) is 4.79 Å². The fraction of sp³-hybridized carbons (Fsp3) is 0.176. The van der Waals surface area contributed by atoms with Crippen LogP contribution >= 0.6 is 0 Å². The van der Waals surface area contributed by atoms with E-state index in [0.717, 1.165) is 18.7 Å². The Morgan fingerprint density at radius 1 is 1.04 bits per heavy atom. The molecule has 0 aromatic heterocycles. The summed E-state index contributed by atoms with van der Waals surface area (Å²) in [5.74, 6) is -0.381. The first-order chi connectivity index (χ1) is 11.1. The molecule has 0 aliphatic carbocycles. The van der Waals surface area contributed by atoms with Gasteiger partial charge in [-0.1, -0.05) is 12.1 Å². The molecule has 1 aliphatic heterocycles. The molecule has 3 rings (SSSR count). The number of hydrogen-bond donors (Lipinski definition) is 2. The van der Waals surface area contributed by atoms with E-state index >= 15 is 0 Å². The average molecular weight is 313 g/mol. The molecule has 118 valence electrons. The number of urea groups is 1. The van der Waals surface area contributed by atoms with E-state index in [1.807, 2.05) is 0 Å². The first-order valence-electron chi connectivity index (χ1n) is 7.36. The molecule has 3 amide bonds. The van der Waals surface area contributed by atoms with Crippen molar-refractivity contribution in [3.63, 3.8) is 0 Å². The molecule has 2 aromatic rings. The molecule has 2 aromatic carbocycles. The van der Waals surface area contributed by atoms with E-state index in [1.54, 1.807) is 41.3 Å². The van der Waals surface area contributed by atoms with Gasteiger partial charge in [0.2, 0.25) is 5.91 Å². The number of nitrogens with zero attached hydrogens (tertiary/aromatic N) is 1. The third-order valence-electron chi connectivity index (χ3n) is 3.63. The number of carbonyl (C=O) groups is 2. The van der Waals surface area contributed by atoms with Crippen molar-refractivity contribution >= 4 is 29.0 Å². The van der Waals surface area contributed by atoms with Crippen LogP contribution in [0.4, 0.5) is 26.2 Å². The van der Waals surface area contributed by atoms with Gasteiger partial charge in [0.1, 0.15) is 5.82 Å². The highest BCUT2D eigenvalue weighted by Crippen LogP contribution is 2.23. The van der Waals surface area contributed by atoms with Gasteiger partial charge in [0.15, 0.2) is 0 Å².